The van der Waals surface area contributed by atoms with Crippen molar-refractivity contribution in [2.75, 3.05) is 12.4 Å². The van der Waals surface area contributed by atoms with E-state index in [9.17, 15) is 14.9 Å². The minimum Gasteiger partial charge on any atom is -0.382 e. The molecular weight excluding hydrogens is 270 g/mol. The molecule has 114 valence electrons. The van der Waals surface area contributed by atoms with E-state index in [1.54, 1.807) is 13.1 Å². The molecule has 0 spiro atoms. The second-order valence-corrected chi connectivity index (χ2v) is 5.51. The molecule has 0 heterocycles. The van der Waals surface area contributed by atoms with Gasteiger partial charge in [0.2, 0.25) is 0 Å². The van der Waals surface area contributed by atoms with Gasteiger partial charge in [0.05, 0.1) is 10.5 Å². The van der Waals surface area contributed by atoms with Crippen LogP contribution in [0.2, 0.25) is 0 Å². The van der Waals surface area contributed by atoms with Gasteiger partial charge >= 0.3 is 0 Å². The Labute approximate surface area is 124 Å². The van der Waals surface area contributed by atoms with E-state index in [1.165, 1.54) is 25.0 Å². The van der Waals surface area contributed by atoms with E-state index in [1.807, 2.05) is 6.92 Å². The van der Waals surface area contributed by atoms with Crippen molar-refractivity contribution in [3.05, 3.63) is 33.9 Å². The van der Waals surface area contributed by atoms with Gasteiger partial charge < -0.3 is 10.6 Å². The van der Waals surface area contributed by atoms with Crippen LogP contribution in [0, 0.1) is 16.0 Å². The molecule has 0 radical (unpaired) electrons. The van der Waals surface area contributed by atoms with Crippen LogP contribution < -0.4 is 10.6 Å². The van der Waals surface area contributed by atoms with Crippen LogP contribution in [0.1, 0.15) is 43.0 Å². The highest BCUT2D eigenvalue weighted by atomic mass is 16.6. The molecule has 6 nitrogen and oxygen atoms in total. The quantitative estimate of drug-likeness (QED) is 0.645. The van der Waals surface area contributed by atoms with Gasteiger partial charge in [-0.25, -0.2) is 0 Å². The Bertz CT molecular complexity index is 539. The summed E-state index contributed by atoms with van der Waals surface area (Å²) in [5.41, 5.74) is 0.494. The van der Waals surface area contributed by atoms with Gasteiger partial charge in [-0.3, -0.25) is 14.9 Å². The van der Waals surface area contributed by atoms with Crippen molar-refractivity contribution >= 4 is 17.3 Å². The molecule has 1 aliphatic rings. The van der Waals surface area contributed by atoms with Crippen LogP contribution in [0.5, 0.6) is 0 Å². The lowest BCUT2D eigenvalue weighted by Gasteiger charge is -2.21. The Balaban J connectivity index is 2.18. The minimum atomic E-state index is -0.483. The van der Waals surface area contributed by atoms with Gasteiger partial charge in [0.25, 0.3) is 11.6 Å². The van der Waals surface area contributed by atoms with Gasteiger partial charge in [-0.2, -0.15) is 0 Å². The predicted octanol–water partition coefficient (Wildman–Crippen LogP) is 2.95. The van der Waals surface area contributed by atoms with Gasteiger partial charge in [0.1, 0.15) is 5.69 Å². The molecule has 2 N–H and O–H groups in total. The first kappa shape index (κ1) is 15.3. The smallest absolute Gasteiger partial charge is 0.293 e. The molecule has 0 aromatic heterocycles. The maximum Gasteiger partial charge on any atom is 0.293 e. The Hall–Kier alpha value is -2.11. The Morgan fingerprint density at radius 3 is 2.62 bits per heavy atom. The summed E-state index contributed by atoms with van der Waals surface area (Å²) in [6.07, 6.45) is 4.69. The first-order chi connectivity index (χ1) is 10.0. The van der Waals surface area contributed by atoms with Gasteiger partial charge in [0, 0.05) is 19.2 Å². The summed E-state index contributed by atoms with van der Waals surface area (Å²) in [7, 11) is 1.58. The molecule has 1 aromatic carbocycles. The largest absolute Gasteiger partial charge is 0.382 e. The lowest BCUT2D eigenvalue weighted by atomic mass is 9.99. The van der Waals surface area contributed by atoms with Gasteiger partial charge in [-0.05, 0) is 31.7 Å². The highest BCUT2D eigenvalue weighted by molar-refractivity contribution is 6.01. The SMILES string of the molecule is CNc1c(C(=O)NC(C)C2CCCC2)cccc1[N+](=O)[O-]. The third kappa shape index (κ3) is 3.32. The highest BCUT2D eigenvalue weighted by Crippen LogP contribution is 2.30. The second kappa shape index (κ2) is 6.56. The van der Waals surface area contributed by atoms with Crippen LogP contribution >= 0.6 is 0 Å². The van der Waals surface area contributed by atoms with E-state index in [4.69, 9.17) is 0 Å². The zero-order valence-electron chi connectivity index (χ0n) is 12.4. The monoisotopic (exact) mass is 291 g/mol. The first-order valence-corrected chi connectivity index (χ1v) is 7.30. The van der Waals surface area contributed by atoms with Gasteiger partial charge in [0.15, 0.2) is 0 Å². The zero-order valence-corrected chi connectivity index (χ0v) is 12.4. The van der Waals surface area contributed by atoms with Crippen LogP contribution in [0.3, 0.4) is 0 Å². The number of amides is 1. The summed E-state index contributed by atoms with van der Waals surface area (Å²) in [4.78, 5) is 22.9. The Kier molecular flexibility index (Phi) is 4.77. The molecule has 1 atom stereocenters. The fraction of sp³-hybridized carbons (Fsp3) is 0.533. The standard InChI is InChI=1S/C15H21N3O3/c1-10(11-6-3-4-7-11)17-15(19)12-8-5-9-13(18(20)21)14(12)16-2/h5,8-11,16H,3-4,6-7H2,1-2H3,(H,17,19). The molecule has 0 saturated heterocycles. The number of hydrogen-bond acceptors (Lipinski definition) is 4. The summed E-state index contributed by atoms with van der Waals surface area (Å²) in [6, 6.07) is 4.62. The fourth-order valence-corrected chi connectivity index (χ4v) is 3.00. The molecule has 1 fully saturated rings. The van der Waals surface area contributed by atoms with Crippen molar-refractivity contribution in [2.45, 2.75) is 38.6 Å². The lowest BCUT2D eigenvalue weighted by molar-refractivity contribution is -0.384. The van der Waals surface area contributed by atoms with Crippen LogP contribution in [-0.2, 0) is 0 Å². The molecule has 1 saturated carbocycles. The fourth-order valence-electron chi connectivity index (χ4n) is 3.00. The van der Waals surface area contributed by atoms with E-state index in [0.717, 1.165) is 12.8 Å². The summed E-state index contributed by atoms with van der Waals surface area (Å²) >= 11 is 0. The normalized spacial score (nSPS) is 16.5. The molecular formula is C15H21N3O3. The number of carbonyl (C=O) groups excluding carboxylic acids is 1. The van der Waals surface area contributed by atoms with Gasteiger partial charge in [-0.1, -0.05) is 18.9 Å². The molecule has 2 rings (SSSR count). The summed E-state index contributed by atoms with van der Waals surface area (Å²) in [5, 5.41) is 16.8. The number of rotatable bonds is 5. The van der Waals surface area contributed by atoms with E-state index in [-0.39, 0.29) is 23.3 Å². The maximum atomic E-state index is 12.4. The number of anilines is 1. The minimum absolute atomic E-state index is 0.0846. The summed E-state index contributed by atoms with van der Waals surface area (Å²) < 4.78 is 0. The number of nitrogens with one attached hydrogen (secondary N) is 2. The van der Waals surface area contributed by atoms with Crippen molar-refractivity contribution in [1.82, 2.24) is 5.32 Å². The van der Waals surface area contributed by atoms with Crippen LogP contribution in [-0.4, -0.2) is 23.9 Å². The summed E-state index contributed by atoms with van der Waals surface area (Å²) in [6.45, 7) is 2.00. The van der Waals surface area contributed by atoms with Crippen molar-refractivity contribution in [3.8, 4) is 0 Å². The van der Waals surface area contributed by atoms with Crippen LogP contribution in [0.15, 0.2) is 18.2 Å². The van der Waals surface area contributed by atoms with Crippen LogP contribution in [0.4, 0.5) is 11.4 Å². The third-order valence-corrected chi connectivity index (χ3v) is 4.20. The van der Waals surface area contributed by atoms with Crippen molar-refractivity contribution in [3.63, 3.8) is 0 Å². The third-order valence-electron chi connectivity index (χ3n) is 4.20. The number of nitro groups is 1. The van der Waals surface area contributed by atoms with Gasteiger partial charge in [-0.15, -0.1) is 0 Å². The van der Waals surface area contributed by atoms with Crippen LogP contribution in [0.25, 0.3) is 0 Å². The predicted molar refractivity (Wildman–Crippen MR) is 81.5 cm³/mol. The lowest BCUT2D eigenvalue weighted by Crippen LogP contribution is -2.37. The molecule has 0 aliphatic heterocycles. The molecule has 21 heavy (non-hydrogen) atoms. The summed E-state index contributed by atoms with van der Waals surface area (Å²) in [5.74, 6) is 0.244. The highest BCUT2D eigenvalue weighted by Gasteiger charge is 2.25. The number of carbonyl (C=O) groups is 1. The number of nitrogens with zero attached hydrogens (tertiary/aromatic N) is 1. The molecule has 1 amide bonds. The number of hydrogen-bond donors (Lipinski definition) is 2. The molecule has 1 unspecified atom stereocenters. The van der Waals surface area contributed by atoms with Crippen molar-refractivity contribution in [1.29, 1.82) is 0 Å². The Morgan fingerprint density at radius 2 is 2.05 bits per heavy atom. The first-order valence-electron chi connectivity index (χ1n) is 7.30. The molecule has 1 aliphatic carbocycles. The molecule has 6 heteroatoms. The van der Waals surface area contributed by atoms with E-state index in [0.29, 0.717) is 11.5 Å². The zero-order chi connectivity index (χ0) is 15.4. The van der Waals surface area contributed by atoms with E-state index >= 15 is 0 Å². The van der Waals surface area contributed by atoms with Crippen molar-refractivity contribution < 1.29 is 9.72 Å². The number of benzene rings is 1. The maximum absolute atomic E-state index is 12.4. The van der Waals surface area contributed by atoms with E-state index < -0.39 is 4.92 Å². The number of nitro benzene ring substituents is 1. The van der Waals surface area contributed by atoms with Crippen molar-refractivity contribution in [2.24, 2.45) is 5.92 Å². The number of para-hydroxylation sites is 1. The second-order valence-electron chi connectivity index (χ2n) is 5.51. The molecule has 1 aromatic rings. The molecule has 0 bridgehead atoms. The average Bonchev–Trinajstić information content (AvgIpc) is 3.00. The topological polar surface area (TPSA) is 84.3 Å². The Morgan fingerprint density at radius 1 is 1.38 bits per heavy atom. The average molecular weight is 291 g/mol. The van der Waals surface area contributed by atoms with E-state index in [2.05, 4.69) is 10.6 Å².